The number of nitrogens with one attached hydrogen (secondary N) is 2. The third-order valence-corrected chi connectivity index (χ3v) is 5.12. The topological polar surface area (TPSA) is 101 Å². The van der Waals surface area contributed by atoms with Crippen molar-refractivity contribution in [3.05, 3.63) is 87.9 Å². The van der Waals surface area contributed by atoms with Crippen LogP contribution in [0.1, 0.15) is 0 Å². The maximum absolute atomic E-state index is 12.3. The molecule has 0 saturated carbocycles. The van der Waals surface area contributed by atoms with Crippen LogP contribution in [0, 0.1) is 10.1 Å². The van der Waals surface area contributed by atoms with Gasteiger partial charge in [-0.15, -0.1) is 0 Å². The summed E-state index contributed by atoms with van der Waals surface area (Å²) in [4.78, 5) is 36.6. The summed E-state index contributed by atoms with van der Waals surface area (Å²) in [6, 6.07) is 20.4. The third kappa shape index (κ3) is 5.34. The number of carbonyl (C=O) groups is 2. The lowest BCUT2D eigenvalue weighted by atomic mass is 10.2. The van der Waals surface area contributed by atoms with Gasteiger partial charge in [-0.2, -0.15) is 0 Å². The predicted octanol–water partition coefficient (Wildman–Crippen LogP) is 4.98. The Morgan fingerprint density at radius 2 is 1.55 bits per heavy atom. The number of para-hydroxylation sites is 1. The largest absolute Gasteiger partial charge is 0.318 e. The number of hydrogen-bond donors (Lipinski definition) is 2. The van der Waals surface area contributed by atoms with Gasteiger partial charge in [-0.3, -0.25) is 19.7 Å². The summed E-state index contributed by atoms with van der Waals surface area (Å²) in [6.07, 6.45) is 0. The number of carbonyl (C=O) groups excluding carboxylic acids is 2. The molecule has 3 aromatic rings. The number of nitro benzene ring substituents is 1. The molecule has 0 fully saturated rings. The molecule has 0 unspecified atom stereocenters. The van der Waals surface area contributed by atoms with Crippen molar-refractivity contribution in [3.8, 4) is 0 Å². The van der Waals surface area contributed by atoms with E-state index in [0.717, 1.165) is 15.9 Å². The normalized spacial score (nSPS) is 10.2. The summed E-state index contributed by atoms with van der Waals surface area (Å²) in [5, 5.41) is 15.8. The molecule has 29 heavy (non-hydrogen) atoms. The van der Waals surface area contributed by atoms with Crippen LogP contribution in [0.4, 0.5) is 17.1 Å². The molecule has 0 radical (unpaired) electrons. The average molecular weight is 428 g/mol. The zero-order valence-electron chi connectivity index (χ0n) is 14.8. The van der Waals surface area contributed by atoms with E-state index in [2.05, 4.69) is 10.6 Å². The molecule has 0 heterocycles. The van der Waals surface area contributed by atoms with Gasteiger partial charge in [0, 0.05) is 21.5 Å². The molecule has 0 aromatic heterocycles. The number of amides is 2. The van der Waals surface area contributed by atoms with Crippen LogP contribution in [-0.4, -0.2) is 16.7 Å². The molecule has 7 nitrogen and oxygen atoms in total. The van der Waals surface area contributed by atoms with Crippen LogP contribution >= 0.6 is 23.4 Å². The van der Waals surface area contributed by atoms with Gasteiger partial charge >= 0.3 is 11.8 Å². The van der Waals surface area contributed by atoms with Gasteiger partial charge in [0.05, 0.1) is 10.6 Å². The van der Waals surface area contributed by atoms with Crippen molar-refractivity contribution in [2.75, 3.05) is 10.6 Å². The van der Waals surface area contributed by atoms with E-state index in [0.29, 0.717) is 5.69 Å². The van der Waals surface area contributed by atoms with Crippen molar-refractivity contribution in [3.63, 3.8) is 0 Å². The number of halogens is 1. The van der Waals surface area contributed by atoms with E-state index in [1.165, 1.54) is 23.9 Å². The van der Waals surface area contributed by atoms with E-state index >= 15 is 0 Å². The van der Waals surface area contributed by atoms with Gasteiger partial charge in [-0.05, 0) is 36.4 Å². The molecule has 0 atom stereocenters. The molecule has 146 valence electrons. The van der Waals surface area contributed by atoms with Crippen LogP contribution in [0.5, 0.6) is 0 Å². The summed E-state index contributed by atoms with van der Waals surface area (Å²) in [5.74, 6) is -1.86. The van der Waals surface area contributed by atoms with Crippen LogP contribution < -0.4 is 10.6 Å². The van der Waals surface area contributed by atoms with Gasteiger partial charge in [-0.25, -0.2) is 0 Å². The van der Waals surface area contributed by atoms with Crippen molar-refractivity contribution in [2.24, 2.45) is 0 Å². The zero-order valence-corrected chi connectivity index (χ0v) is 16.4. The zero-order chi connectivity index (χ0) is 20.8. The fourth-order valence-electron chi connectivity index (χ4n) is 2.37. The van der Waals surface area contributed by atoms with Gasteiger partial charge in [-0.1, -0.05) is 53.7 Å². The Kier molecular flexibility index (Phi) is 6.48. The number of rotatable bonds is 5. The molecule has 3 rings (SSSR count). The lowest BCUT2D eigenvalue weighted by Gasteiger charge is -2.11. The smallest absolute Gasteiger partial charge is 0.314 e. The van der Waals surface area contributed by atoms with Gasteiger partial charge < -0.3 is 10.6 Å². The maximum Gasteiger partial charge on any atom is 0.314 e. The van der Waals surface area contributed by atoms with E-state index in [4.69, 9.17) is 11.6 Å². The highest BCUT2D eigenvalue weighted by molar-refractivity contribution is 7.99. The lowest BCUT2D eigenvalue weighted by molar-refractivity contribution is -0.384. The molecule has 0 spiro atoms. The molecular weight excluding hydrogens is 414 g/mol. The predicted molar refractivity (Wildman–Crippen MR) is 112 cm³/mol. The Morgan fingerprint density at radius 3 is 2.28 bits per heavy atom. The molecular formula is C20H14ClN3O4S. The minimum atomic E-state index is -0.957. The second-order valence-electron chi connectivity index (χ2n) is 5.74. The van der Waals surface area contributed by atoms with E-state index in [9.17, 15) is 19.7 Å². The number of hydrogen-bond acceptors (Lipinski definition) is 5. The molecule has 3 aromatic carbocycles. The minimum absolute atomic E-state index is 0.0654. The number of benzene rings is 3. The highest BCUT2D eigenvalue weighted by Crippen LogP contribution is 2.33. The summed E-state index contributed by atoms with van der Waals surface area (Å²) in [7, 11) is 0. The standard InChI is InChI=1S/C20H14ClN3O4S/c21-15-11-10-13(12-17(15)24(27)28)22-19(25)20(26)23-16-8-4-5-9-18(16)29-14-6-2-1-3-7-14/h1-12H,(H,22,25)(H,23,26). The fraction of sp³-hybridized carbons (Fsp3) is 0. The quantitative estimate of drug-likeness (QED) is 0.340. The van der Waals surface area contributed by atoms with E-state index in [1.54, 1.807) is 12.1 Å². The summed E-state index contributed by atoms with van der Waals surface area (Å²) < 4.78 is 0. The first-order valence-corrected chi connectivity index (χ1v) is 9.51. The van der Waals surface area contributed by atoms with Crippen LogP contribution in [0.25, 0.3) is 0 Å². The first-order valence-electron chi connectivity index (χ1n) is 8.32. The highest BCUT2D eigenvalue weighted by atomic mass is 35.5. The van der Waals surface area contributed by atoms with Crippen molar-refractivity contribution < 1.29 is 14.5 Å². The molecule has 0 bridgehead atoms. The van der Waals surface area contributed by atoms with Crippen LogP contribution in [0.3, 0.4) is 0 Å². The van der Waals surface area contributed by atoms with Crippen molar-refractivity contribution in [1.29, 1.82) is 0 Å². The Labute approximate surface area is 175 Å². The SMILES string of the molecule is O=C(Nc1ccc(Cl)c([N+](=O)[O-])c1)C(=O)Nc1ccccc1Sc1ccccc1. The number of nitrogens with zero attached hydrogens (tertiary/aromatic N) is 1. The Bertz CT molecular complexity index is 1080. The molecule has 0 aliphatic rings. The van der Waals surface area contributed by atoms with Crippen molar-refractivity contribution >= 4 is 52.2 Å². The van der Waals surface area contributed by atoms with Gasteiger partial charge in [0.15, 0.2) is 0 Å². The minimum Gasteiger partial charge on any atom is -0.318 e. The van der Waals surface area contributed by atoms with Gasteiger partial charge in [0.2, 0.25) is 0 Å². The van der Waals surface area contributed by atoms with Crippen LogP contribution in [0.2, 0.25) is 5.02 Å². The first kappa shape index (κ1) is 20.4. The van der Waals surface area contributed by atoms with E-state index in [-0.39, 0.29) is 16.4 Å². The third-order valence-electron chi connectivity index (χ3n) is 3.71. The second kappa shape index (κ2) is 9.22. The second-order valence-corrected chi connectivity index (χ2v) is 7.27. The molecule has 0 saturated heterocycles. The highest BCUT2D eigenvalue weighted by Gasteiger charge is 2.18. The fourth-order valence-corrected chi connectivity index (χ4v) is 3.48. The summed E-state index contributed by atoms with van der Waals surface area (Å²) in [5.41, 5.74) is 0.200. The first-order chi connectivity index (χ1) is 13.9. The Balaban J connectivity index is 1.71. The van der Waals surface area contributed by atoms with Gasteiger partial charge in [0.1, 0.15) is 5.02 Å². The molecule has 0 aliphatic heterocycles. The molecule has 2 N–H and O–H groups in total. The molecule has 9 heteroatoms. The van der Waals surface area contributed by atoms with E-state index in [1.807, 2.05) is 42.5 Å². The Hall–Kier alpha value is -3.36. The molecule has 2 amide bonds. The van der Waals surface area contributed by atoms with Gasteiger partial charge in [0.25, 0.3) is 5.69 Å². The Morgan fingerprint density at radius 1 is 0.897 bits per heavy atom. The maximum atomic E-state index is 12.3. The van der Waals surface area contributed by atoms with Crippen LogP contribution in [-0.2, 0) is 9.59 Å². The number of anilines is 2. The lowest BCUT2D eigenvalue weighted by Crippen LogP contribution is -2.29. The van der Waals surface area contributed by atoms with Crippen LogP contribution in [0.15, 0.2) is 82.6 Å². The van der Waals surface area contributed by atoms with Crippen molar-refractivity contribution in [1.82, 2.24) is 0 Å². The summed E-state index contributed by atoms with van der Waals surface area (Å²) in [6.45, 7) is 0. The number of nitro groups is 1. The van der Waals surface area contributed by atoms with Crippen molar-refractivity contribution in [2.45, 2.75) is 9.79 Å². The monoisotopic (exact) mass is 427 g/mol. The van der Waals surface area contributed by atoms with E-state index < -0.39 is 16.7 Å². The average Bonchev–Trinajstić information content (AvgIpc) is 2.71. The summed E-state index contributed by atoms with van der Waals surface area (Å²) >= 11 is 7.19. The molecule has 0 aliphatic carbocycles.